The Morgan fingerprint density at radius 2 is 1.88 bits per heavy atom. The summed E-state index contributed by atoms with van der Waals surface area (Å²) in [6, 6.07) is 8.51. The molecule has 6 nitrogen and oxygen atoms in total. The van der Waals surface area contributed by atoms with Crippen molar-refractivity contribution in [1.29, 1.82) is 0 Å². The summed E-state index contributed by atoms with van der Waals surface area (Å²) in [5.41, 5.74) is 3.11. The van der Waals surface area contributed by atoms with Gasteiger partial charge >= 0.3 is 0 Å². The van der Waals surface area contributed by atoms with Crippen molar-refractivity contribution in [2.75, 3.05) is 5.32 Å². The molecule has 4 rings (SSSR count). The number of aldehydes is 1. The van der Waals surface area contributed by atoms with Gasteiger partial charge in [0.2, 0.25) is 0 Å². The standard InChI is InChI=1S/C26H27ClFN3O3/c1-14(13-32)30-18-4-6-19(7-5-18)31-25-20-9-16(17-10-22(27)26(34)23(28)11-17)3-8-24(20)29-12-21(25)15(2)33/h3,8-14,18-19,30,34H,4-7H2,1-2H3,(H,29,31). The van der Waals surface area contributed by atoms with Gasteiger partial charge in [-0.15, -0.1) is 0 Å². The summed E-state index contributed by atoms with van der Waals surface area (Å²) < 4.78 is 14.1. The van der Waals surface area contributed by atoms with E-state index in [-0.39, 0.29) is 22.9 Å². The van der Waals surface area contributed by atoms with Crippen molar-refractivity contribution in [3.63, 3.8) is 0 Å². The molecule has 3 N–H and O–H groups in total. The number of carbonyl (C=O) groups is 2. The number of nitrogens with zero attached hydrogens (tertiary/aromatic N) is 1. The van der Waals surface area contributed by atoms with Crippen molar-refractivity contribution in [2.24, 2.45) is 0 Å². The minimum Gasteiger partial charge on any atom is -0.504 e. The predicted molar refractivity (Wildman–Crippen MR) is 132 cm³/mol. The molecule has 0 bridgehead atoms. The number of hydrogen-bond acceptors (Lipinski definition) is 6. The SMILES string of the molecule is CC(=O)c1cnc2ccc(-c3cc(F)c(O)c(Cl)c3)cc2c1NC1CCC(NC(C)C=O)CC1. The van der Waals surface area contributed by atoms with Crippen LogP contribution in [-0.2, 0) is 4.79 Å². The van der Waals surface area contributed by atoms with E-state index < -0.39 is 11.6 Å². The van der Waals surface area contributed by atoms with E-state index >= 15 is 0 Å². The first-order valence-corrected chi connectivity index (χ1v) is 11.7. The molecule has 1 saturated carbocycles. The van der Waals surface area contributed by atoms with Crippen molar-refractivity contribution < 1.29 is 19.1 Å². The largest absolute Gasteiger partial charge is 0.504 e. The highest BCUT2D eigenvalue weighted by Gasteiger charge is 2.24. The Hall–Kier alpha value is -3.03. The number of ketones is 1. The number of hydrogen-bond donors (Lipinski definition) is 3. The fourth-order valence-electron chi connectivity index (χ4n) is 4.55. The molecule has 1 aliphatic carbocycles. The van der Waals surface area contributed by atoms with Crippen molar-refractivity contribution in [3.05, 3.63) is 52.9 Å². The zero-order valence-electron chi connectivity index (χ0n) is 19.1. The maximum Gasteiger partial charge on any atom is 0.170 e. The number of Topliss-reactive ketones (excluding diaryl/α,β-unsaturated/α-hetero) is 1. The van der Waals surface area contributed by atoms with E-state index in [1.165, 1.54) is 19.1 Å². The summed E-state index contributed by atoms with van der Waals surface area (Å²) >= 11 is 5.98. The van der Waals surface area contributed by atoms with Crippen LogP contribution in [0.1, 0.15) is 49.9 Å². The maximum atomic E-state index is 14.1. The van der Waals surface area contributed by atoms with Crippen LogP contribution < -0.4 is 10.6 Å². The van der Waals surface area contributed by atoms with Gasteiger partial charge in [-0.1, -0.05) is 17.7 Å². The summed E-state index contributed by atoms with van der Waals surface area (Å²) in [5, 5.41) is 17.3. The molecule has 2 aromatic carbocycles. The van der Waals surface area contributed by atoms with Crippen LogP contribution in [0.2, 0.25) is 5.02 Å². The Labute approximate surface area is 202 Å². The van der Waals surface area contributed by atoms with Gasteiger partial charge in [-0.05, 0) is 74.9 Å². The first kappa shape index (κ1) is 24.1. The molecule has 0 spiro atoms. The second-order valence-corrected chi connectivity index (χ2v) is 9.31. The predicted octanol–water partition coefficient (Wildman–Crippen LogP) is 5.50. The van der Waals surface area contributed by atoms with Crippen LogP contribution in [0.15, 0.2) is 36.5 Å². The van der Waals surface area contributed by atoms with Gasteiger partial charge < -0.3 is 20.5 Å². The lowest BCUT2D eigenvalue weighted by Gasteiger charge is -2.32. The zero-order chi connectivity index (χ0) is 24.4. The highest BCUT2D eigenvalue weighted by molar-refractivity contribution is 6.32. The number of phenols is 1. The third-order valence-corrected chi connectivity index (χ3v) is 6.66. The Bertz CT molecular complexity index is 1220. The molecule has 1 heterocycles. The average molecular weight is 484 g/mol. The van der Waals surface area contributed by atoms with E-state index in [1.54, 1.807) is 12.3 Å². The lowest BCUT2D eigenvalue weighted by Crippen LogP contribution is -2.41. The van der Waals surface area contributed by atoms with Gasteiger partial charge in [0.15, 0.2) is 17.3 Å². The number of pyridine rings is 1. The number of phenolic OH excluding ortho intramolecular Hbond substituents is 1. The summed E-state index contributed by atoms with van der Waals surface area (Å²) in [5.74, 6) is -1.48. The number of fused-ring (bicyclic) bond motifs is 1. The molecule has 178 valence electrons. The average Bonchev–Trinajstić information content (AvgIpc) is 2.83. The minimum absolute atomic E-state index is 0.0710. The Morgan fingerprint density at radius 1 is 1.18 bits per heavy atom. The Balaban J connectivity index is 1.68. The van der Waals surface area contributed by atoms with Gasteiger partial charge in [0.1, 0.15) is 6.29 Å². The van der Waals surface area contributed by atoms with Crippen LogP contribution in [0.5, 0.6) is 5.75 Å². The molecule has 0 radical (unpaired) electrons. The van der Waals surface area contributed by atoms with Crippen molar-refractivity contribution >= 4 is 40.3 Å². The van der Waals surface area contributed by atoms with Gasteiger partial charge in [-0.25, -0.2) is 4.39 Å². The molecular formula is C26H27ClFN3O3. The second-order valence-electron chi connectivity index (χ2n) is 8.91. The number of carbonyl (C=O) groups excluding carboxylic acids is 2. The second kappa shape index (κ2) is 10.1. The number of aromatic nitrogens is 1. The third-order valence-electron chi connectivity index (χ3n) is 6.38. The topological polar surface area (TPSA) is 91.3 Å². The zero-order valence-corrected chi connectivity index (χ0v) is 19.8. The lowest BCUT2D eigenvalue weighted by molar-refractivity contribution is -0.109. The third kappa shape index (κ3) is 5.05. The van der Waals surface area contributed by atoms with Crippen LogP contribution in [0.3, 0.4) is 0 Å². The molecule has 0 amide bonds. The molecule has 1 fully saturated rings. The quantitative estimate of drug-likeness (QED) is 0.303. The summed E-state index contributed by atoms with van der Waals surface area (Å²) in [4.78, 5) is 27.8. The molecule has 3 aromatic rings. The van der Waals surface area contributed by atoms with Gasteiger partial charge in [0.25, 0.3) is 0 Å². The molecule has 1 aliphatic rings. The lowest BCUT2D eigenvalue weighted by atomic mass is 9.90. The number of rotatable bonds is 7. The van der Waals surface area contributed by atoms with E-state index in [0.717, 1.165) is 37.4 Å². The van der Waals surface area contributed by atoms with Gasteiger partial charge in [-0.2, -0.15) is 0 Å². The van der Waals surface area contributed by atoms with Crippen LogP contribution in [0.25, 0.3) is 22.0 Å². The molecule has 1 atom stereocenters. The van der Waals surface area contributed by atoms with E-state index in [9.17, 15) is 19.1 Å². The van der Waals surface area contributed by atoms with Gasteiger partial charge in [0, 0.05) is 23.7 Å². The first-order valence-electron chi connectivity index (χ1n) is 11.4. The Morgan fingerprint density at radius 3 is 2.53 bits per heavy atom. The molecule has 0 aliphatic heterocycles. The normalized spacial score (nSPS) is 19.1. The van der Waals surface area contributed by atoms with E-state index in [4.69, 9.17) is 11.6 Å². The highest BCUT2D eigenvalue weighted by Crippen LogP contribution is 2.36. The molecule has 0 saturated heterocycles. The summed E-state index contributed by atoms with van der Waals surface area (Å²) in [6.07, 6.45) is 6.13. The smallest absolute Gasteiger partial charge is 0.170 e. The molecule has 34 heavy (non-hydrogen) atoms. The first-order chi connectivity index (χ1) is 16.3. The van der Waals surface area contributed by atoms with E-state index in [0.29, 0.717) is 33.9 Å². The Kier molecular flexibility index (Phi) is 7.14. The van der Waals surface area contributed by atoms with Crippen molar-refractivity contribution in [2.45, 2.75) is 57.7 Å². The van der Waals surface area contributed by atoms with Crippen molar-refractivity contribution in [1.82, 2.24) is 10.3 Å². The molecule has 1 aromatic heterocycles. The summed E-state index contributed by atoms with van der Waals surface area (Å²) in [6.45, 7) is 3.36. The van der Waals surface area contributed by atoms with Crippen LogP contribution in [0, 0.1) is 5.82 Å². The maximum absolute atomic E-state index is 14.1. The van der Waals surface area contributed by atoms with Crippen LogP contribution >= 0.6 is 11.6 Å². The highest BCUT2D eigenvalue weighted by atomic mass is 35.5. The molecular weight excluding hydrogens is 457 g/mol. The monoisotopic (exact) mass is 483 g/mol. The fourth-order valence-corrected chi connectivity index (χ4v) is 4.75. The summed E-state index contributed by atoms with van der Waals surface area (Å²) in [7, 11) is 0. The van der Waals surface area contributed by atoms with Crippen LogP contribution in [0.4, 0.5) is 10.1 Å². The minimum atomic E-state index is -0.800. The fraction of sp³-hybridized carbons (Fsp3) is 0.346. The number of nitrogens with one attached hydrogen (secondary N) is 2. The van der Waals surface area contributed by atoms with E-state index in [2.05, 4.69) is 15.6 Å². The molecule has 1 unspecified atom stereocenters. The number of aromatic hydroxyl groups is 1. The van der Waals surface area contributed by atoms with Gasteiger partial charge in [0.05, 0.1) is 27.8 Å². The number of anilines is 1. The number of benzene rings is 2. The van der Waals surface area contributed by atoms with Gasteiger partial charge in [-0.3, -0.25) is 9.78 Å². The number of halogens is 2. The van der Waals surface area contributed by atoms with Crippen LogP contribution in [-0.4, -0.2) is 40.3 Å². The molecule has 8 heteroatoms. The van der Waals surface area contributed by atoms with Crippen molar-refractivity contribution in [3.8, 4) is 16.9 Å². The van der Waals surface area contributed by atoms with E-state index in [1.807, 2.05) is 19.1 Å².